The van der Waals surface area contributed by atoms with E-state index < -0.39 is 29.1 Å². The van der Waals surface area contributed by atoms with E-state index in [-0.39, 0.29) is 6.54 Å². The standard InChI is InChI=1S/C18H16F3N3O2S2/c1-11-9-28-16(23-11)17(26,18(19,20)21)7-14(25)22-8-15-24-13(10-27-15)12-5-3-2-4-6-12/h2-6,9-10,26H,7-8H2,1H3,(H,22,25). The summed E-state index contributed by atoms with van der Waals surface area (Å²) in [6.07, 6.45) is -6.20. The molecular formula is C18H16F3N3O2S2. The number of aryl methyl sites for hydroxylation is 1. The molecule has 0 bridgehead atoms. The van der Waals surface area contributed by atoms with Gasteiger partial charge in [-0.1, -0.05) is 30.3 Å². The molecule has 10 heteroatoms. The second-order valence-electron chi connectivity index (χ2n) is 6.10. The molecule has 1 unspecified atom stereocenters. The lowest BCUT2D eigenvalue weighted by Gasteiger charge is -2.27. The van der Waals surface area contributed by atoms with Crippen LogP contribution in [-0.4, -0.2) is 27.2 Å². The van der Waals surface area contributed by atoms with Gasteiger partial charge in [0.25, 0.3) is 0 Å². The Morgan fingerprint density at radius 3 is 2.46 bits per heavy atom. The summed E-state index contributed by atoms with van der Waals surface area (Å²) in [5.74, 6) is -0.941. The van der Waals surface area contributed by atoms with Crippen LogP contribution < -0.4 is 5.32 Å². The van der Waals surface area contributed by atoms with Gasteiger partial charge >= 0.3 is 6.18 Å². The van der Waals surface area contributed by atoms with Crippen LogP contribution in [0.4, 0.5) is 13.2 Å². The third kappa shape index (κ3) is 4.40. The molecule has 0 spiro atoms. The summed E-state index contributed by atoms with van der Waals surface area (Å²) in [6.45, 7) is 1.49. The monoisotopic (exact) mass is 427 g/mol. The maximum Gasteiger partial charge on any atom is 0.424 e. The molecule has 1 aromatic carbocycles. The normalized spacial score (nSPS) is 13.9. The van der Waals surface area contributed by atoms with Gasteiger partial charge in [-0.3, -0.25) is 4.79 Å². The fraction of sp³-hybridized carbons (Fsp3) is 0.278. The van der Waals surface area contributed by atoms with Gasteiger partial charge in [0.15, 0.2) is 0 Å². The van der Waals surface area contributed by atoms with Crippen LogP contribution in [0.3, 0.4) is 0 Å². The average Bonchev–Trinajstić information content (AvgIpc) is 3.29. The highest BCUT2D eigenvalue weighted by Crippen LogP contribution is 2.42. The first kappa shape index (κ1) is 20.4. The molecule has 2 aromatic heterocycles. The minimum atomic E-state index is -5.03. The first-order chi connectivity index (χ1) is 13.2. The third-order valence-corrected chi connectivity index (χ3v) is 5.88. The van der Waals surface area contributed by atoms with E-state index in [1.54, 1.807) is 5.38 Å². The second kappa shape index (κ2) is 7.98. The molecule has 148 valence electrons. The Labute approximate surface area is 166 Å². The molecule has 28 heavy (non-hydrogen) atoms. The largest absolute Gasteiger partial charge is 0.424 e. The molecule has 0 aliphatic rings. The van der Waals surface area contributed by atoms with E-state index in [9.17, 15) is 23.1 Å². The summed E-state index contributed by atoms with van der Waals surface area (Å²) >= 11 is 1.96. The minimum Gasteiger partial charge on any atom is -0.374 e. The predicted octanol–water partition coefficient (Wildman–Crippen LogP) is 4.03. The maximum atomic E-state index is 13.4. The quantitative estimate of drug-likeness (QED) is 0.623. The Kier molecular flexibility index (Phi) is 5.82. The number of aliphatic hydroxyl groups is 1. The van der Waals surface area contributed by atoms with Crippen LogP contribution >= 0.6 is 22.7 Å². The van der Waals surface area contributed by atoms with Crippen LogP contribution in [0.25, 0.3) is 11.3 Å². The van der Waals surface area contributed by atoms with Crippen LogP contribution in [0.15, 0.2) is 41.1 Å². The van der Waals surface area contributed by atoms with Crippen molar-refractivity contribution in [1.82, 2.24) is 15.3 Å². The van der Waals surface area contributed by atoms with Crippen molar-refractivity contribution in [2.45, 2.75) is 31.7 Å². The average molecular weight is 427 g/mol. The van der Waals surface area contributed by atoms with Crippen molar-refractivity contribution >= 4 is 28.6 Å². The molecule has 2 N–H and O–H groups in total. The molecule has 1 amide bonds. The number of aromatic nitrogens is 2. The van der Waals surface area contributed by atoms with E-state index in [2.05, 4.69) is 15.3 Å². The summed E-state index contributed by atoms with van der Waals surface area (Å²) in [5.41, 5.74) is -1.35. The molecule has 3 rings (SSSR count). The molecule has 0 saturated carbocycles. The molecule has 3 aromatic rings. The molecule has 0 radical (unpaired) electrons. The van der Waals surface area contributed by atoms with Crippen molar-refractivity contribution in [1.29, 1.82) is 0 Å². The van der Waals surface area contributed by atoms with Crippen LogP contribution in [0, 0.1) is 6.92 Å². The second-order valence-corrected chi connectivity index (χ2v) is 7.90. The Balaban J connectivity index is 1.67. The predicted molar refractivity (Wildman–Crippen MR) is 101 cm³/mol. The minimum absolute atomic E-state index is 0.0266. The molecule has 0 saturated heterocycles. The van der Waals surface area contributed by atoms with Crippen molar-refractivity contribution in [2.24, 2.45) is 0 Å². The van der Waals surface area contributed by atoms with Gasteiger partial charge in [0.1, 0.15) is 10.0 Å². The summed E-state index contributed by atoms with van der Waals surface area (Å²) in [7, 11) is 0. The van der Waals surface area contributed by atoms with E-state index in [1.165, 1.54) is 23.6 Å². The first-order valence-electron chi connectivity index (χ1n) is 8.17. The van der Waals surface area contributed by atoms with Crippen molar-refractivity contribution < 1.29 is 23.1 Å². The van der Waals surface area contributed by atoms with Gasteiger partial charge in [0.05, 0.1) is 18.7 Å². The summed E-state index contributed by atoms with van der Waals surface area (Å²) in [5, 5.41) is 15.8. The number of carbonyl (C=O) groups is 1. The lowest BCUT2D eigenvalue weighted by atomic mass is 9.99. The van der Waals surface area contributed by atoms with Crippen LogP contribution in [0.1, 0.15) is 22.1 Å². The number of rotatable bonds is 6. The van der Waals surface area contributed by atoms with Crippen molar-refractivity contribution in [2.75, 3.05) is 0 Å². The van der Waals surface area contributed by atoms with Gasteiger partial charge in [-0.25, -0.2) is 9.97 Å². The Bertz CT molecular complexity index is 956. The highest BCUT2D eigenvalue weighted by atomic mass is 32.1. The maximum absolute atomic E-state index is 13.4. The number of halogens is 3. The number of nitrogens with one attached hydrogen (secondary N) is 1. The summed E-state index contributed by atoms with van der Waals surface area (Å²) < 4.78 is 40.3. The Morgan fingerprint density at radius 1 is 1.14 bits per heavy atom. The van der Waals surface area contributed by atoms with Crippen LogP contribution in [0.5, 0.6) is 0 Å². The molecule has 0 aliphatic carbocycles. The number of alkyl halides is 3. The zero-order valence-electron chi connectivity index (χ0n) is 14.7. The van der Waals surface area contributed by atoms with Gasteiger partial charge in [0.2, 0.25) is 11.5 Å². The van der Waals surface area contributed by atoms with E-state index in [0.29, 0.717) is 22.0 Å². The SMILES string of the molecule is Cc1csc(C(O)(CC(=O)NCc2nc(-c3ccccc3)cs2)C(F)(F)F)n1. The fourth-order valence-electron chi connectivity index (χ4n) is 2.44. The smallest absolute Gasteiger partial charge is 0.374 e. The first-order valence-corrected chi connectivity index (χ1v) is 9.93. The van der Waals surface area contributed by atoms with Crippen LogP contribution in [-0.2, 0) is 16.9 Å². The fourth-order valence-corrected chi connectivity index (χ4v) is 4.10. The topological polar surface area (TPSA) is 75.1 Å². The number of nitrogens with zero attached hydrogens (tertiary/aromatic N) is 2. The third-order valence-electron chi connectivity index (χ3n) is 3.92. The number of benzene rings is 1. The Morgan fingerprint density at radius 2 is 1.86 bits per heavy atom. The van der Waals surface area contributed by atoms with E-state index in [1.807, 2.05) is 30.3 Å². The molecule has 0 aliphatic heterocycles. The number of hydrogen-bond acceptors (Lipinski definition) is 6. The number of carbonyl (C=O) groups excluding carboxylic acids is 1. The zero-order chi connectivity index (χ0) is 20.4. The van der Waals surface area contributed by atoms with E-state index in [0.717, 1.165) is 11.3 Å². The highest BCUT2D eigenvalue weighted by Gasteiger charge is 2.58. The molecular weight excluding hydrogens is 411 g/mol. The van der Waals surface area contributed by atoms with Gasteiger partial charge < -0.3 is 10.4 Å². The number of amides is 1. The van der Waals surface area contributed by atoms with Crippen molar-refractivity contribution in [3.8, 4) is 11.3 Å². The van der Waals surface area contributed by atoms with Crippen molar-refractivity contribution in [3.63, 3.8) is 0 Å². The lowest BCUT2D eigenvalue weighted by Crippen LogP contribution is -2.46. The van der Waals surface area contributed by atoms with E-state index in [4.69, 9.17) is 0 Å². The molecule has 5 nitrogen and oxygen atoms in total. The highest BCUT2D eigenvalue weighted by molar-refractivity contribution is 7.10. The van der Waals surface area contributed by atoms with Gasteiger partial charge in [-0.2, -0.15) is 13.2 Å². The summed E-state index contributed by atoms with van der Waals surface area (Å²) in [6, 6.07) is 9.39. The molecule has 0 fully saturated rings. The molecule has 2 heterocycles. The Hall–Kier alpha value is -2.30. The number of thiazole rings is 2. The van der Waals surface area contributed by atoms with Gasteiger partial charge in [-0.15, -0.1) is 22.7 Å². The molecule has 1 atom stereocenters. The lowest BCUT2D eigenvalue weighted by molar-refractivity contribution is -0.267. The van der Waals surface area contributed by atoms with Gasteiger partial charge in [-0.05, 0) is 6.92 Å². The van der Waals surface area contributed by atoms with E-state index >= 15 is 0 Å². The number of hydrogen-bond donors (Lipinski definition) is 2. The van der Waals surface area contributed by atoms with Crippen LogP contribution in [0.2, 0.25) is 0 Å². The zero-order valence-corrected chi connectivity index (χ0v) is 16.3. The summed E-state index contributed by atoms with van der Waals surface area (Å²) in [4.78, 5) is 20.2. The van der Waals surface area contributed by atoms with Gasteiger partial charge in [0, 0.05) is 22.0 Å². The van der Waals surface area contributed by atoms with Crippen molar-refractivity contribution in [3.05, 3.63) is 56.8 Å².